The van der Waals surface area contributed by atoms with Crippen LogP contribution < -0.4 is 0 Å². The lowest BCUT2D eigenvalue weighted by Gasteiger charge is -2.36. The minimum Gasteiger partial charge on any atom is -0.200 e. The highest BCUT2D eigenvalue weighted by Gasteiger charge is 2.53. The molecule has 10 heteroatoms. The van der Waals surface area contributed by atoms with Crippen LogP contribution in [-0.4, -0.2) is 49.2 Å². The zero-order valence-electron chi connectivity index (χ0n) is 28.0. The average molecular weight is 681 g/mol. The van der Waals surface area contributed by atoms with Gasteiger partial charge in [0.2, 0.25) is 0 Å². The molecule has 4 aromatic carbocycles. The number of rotatable bonds is 2. The van der Waals surface area contributed by atoms with E-state index in [1.807, 2.05) is 98.8 Å². The second-order valence-electron chi connectivity index (χ2n) is 14.3. The summed E-state index contributed by atoms with van der Waals surface area (Å²) in [6.45, 7) is 12.3. The van der Waals surface area contributed by atoms with Crippen LogP contribution in [0.5, 0.6) is 0 Å². The summed E-state index contributed by atoms with van der Waals surface area (Å²) in [4.78, 5) is 0.774. The van der Waals surface area contributed by atoms with Crippen molar-refractivity contribution in [3.8, 4) is 0 Å². The van der Waals surface area contributed by atoms with Gasteiger partial charge in [0, 0.05) is 10.8 Å². The van der Waals surface area contributed by atoms with Crippen LogP contribution in [0.15, 0.2) is 117 Å². The first kappa shape index (κ1) is 32.3. The molecule has 0 amide bonds. The Kier molecular flexibility index (Phi) is 7.49. The lowest BCUT2D eigenvalue weighted by molar-refractivity contribution is 0.250. The van der Waals surface area contributed by atoms with Crippen LogP contribution in [0.1, 0.15) is 61.1 Å². The van der Waals surface area contributed by atoms with Gasteiger partial charge in [-0.25, -0.2) is 0 Å². The molecule has 0 radical (unpaired) electrons. The second-order valence-corrected chi connectivity index (χ2v) is 17.8. The molecule has 2 atom stereocenters. The number of aryl methyl sites for hydroxylation is 2. The van der Waals surface area contributed by atoms with E-state index in [1.165, 1.54) is 8.83 Å². The third-order valence-corrected chi connectivity index (χ3v) is 13.8. The second kappa shape index (κ2) is 11.1. The van der Waals surface area contributed by atoms with Crippen molar-refractivity contribution in [3.63, 3.8) is 0 Å². The van der Waals surface area contributed by atoms with E-state index in [9.17, 15) is 16.8 Å². The van der Waals surface area contributed by atoms with E-state index in [1.54, 1.807) is 12.1 Å². The van der Waals surface area contributed by atoms with E-state index in [0.29, 0.717) is 22.6 Å². The molecule has 0 saturated heterocycles. The summed E-state index contributed by atoms with van der Waals surface area (Å²) in [7, 11) is -7.20. The van der Waals surface area contributed by atoms with Gasteiger partial charge in [-0.1, -0.05) is 124 Å². The van der Waals surface area contributed by atoms with E-state index in [0.717, 1.165) is 44.8 Å². The fourth-order valence-corrected chi connectivity index (χ4v) is 11.0. The average Bonchev–Trinajstić information content (AvgIpc) is 3.47. The minimum atomic E-state index is -3.60. The molecule has 8 rings (SSSR count). The summed E-state index contributed by atoms with van der Waals surface area (Å²) in [6.07, 6.45) is 1.37. The standard InChI is InChI=1S/2C19H20N2O2S/c2*1-13-9-10-16-15(11-13)12-17-19(2,3)18(14-7-5-4-6-8-14)20-21(17)24(16,22)23/h2*4-11,17H,12H2,1-3H3/t2*17-/m00/s1. The van der Waals surface area contributed by atoms with Crippen molar-refractivity contribution in [3.05, 3.63) is 130 Å². The molecule has 4 aromatic rings. The van der Waals surface area contributed by atoms with Gasteiger partial charge in [-0.15, -0.1) is 0 Å². The highest BCUT2D eigenvalue weighted by Crippen LogP contribution is 2.46. The summed E-state index contributed by atoms with van der Waals surface area (Å²) in [5.41, 5.74) is 6.88. The van der Waals surface area contributed by atoms with Crippen molar-refractivity contribution in [1.29, 1.82) is 0 Å². The summed E-state index contributed by atoms with van der Waals surface area (Å²) in [5, 5.41) is 9.14. The van der Waals surface area contributed by atoms with Gasteiger partial charge in [0.05, 0.1) is 33.3 Å². The van der Waals surface area contributed by atoms with Gasteiger partial charge in [0.1, 0.15) is 0 Å². The van der Waals surface area contributed by atoms with Crippen LogP contribution in [0.4, 0.5) is 0 Å². The Bertz CT molecular complexity index is 2050. The molecule has 8 nitrogen and oxygen atoms in total. The molecule has 0 saturated carbocycles. The van der Waals surface area contributed by atoms with E-state index < -0.39 is 20.0 Å². The maximum atomic E-state index is 13.1. The first-order valence-corrected chi connectivity index (χ1v) is 19.1. The normalized spacial score (nSPS) is 23.4. The smallest absolute Gasteiger partial charge is 0.200 e. The summed E-state index contributed by atoms with van der Waals surface area (Å²) in [5.74, 6) is 0. The van der Waals surface area contributed by atoms with Crippen LogP contribution in [0.25, 0.3) is 0 Å². The van der Waals surface area contributed by atoms with E-state index in [-0.39, 0.29) is 22.9 Å². The molecule has 0 bridgehead atoms. The van der Waals surface area contributed by atoms with Gasteiger partial charge in [-0.3, -0.25) is 0 Å². The maximum Gasteiger partial charge on any atom is 0.279 e. The first-order valence-electron chi connectivity index (χ1n) is 16.2. The van der Waals surface area contributed by atoms with Crippen molar-refractivity contribution in [1.82, 2.24) is 8.83 Å². The maximum absolute atomic E-state index is 13.1. The number of fused-ring (bicyclic) bond motifs is 4. The molecule has 0 spiro atoms. The van der Waals surface area contributed by atoms with Crippen molar-refractivity contribution >= 4 is 31.5 Å². The van der Waals surface area contributed by atoms with Crippen LogP contribution >= 0.6 is 0 Å². The van der Waals surface area contributed by atoms with Gasteiger partial charge in [0.25, 0.3) is 20.0 Å². The Hall–Kier alpha value is -4.28. The molecular weight excluding hydrogens is 641 g/mol. The summed E-state index contributed by atoms with van der Waals surface area (Å²) in [6, 6.07) is 30.4. The lowest BCUT2D eigenvalue weighted by Crippen LogP contribution is -2.47. The van der Waals surface area contributed by atoms with E-state index in [2.05, 4.69) is 37.9 Å². The highest BCUT2D eigenvalue weighted by atomic mass is 32.2. The number of benzene rings is 4. The molecule has 0 N–H and O–H groups in total. The predicted molar refractivity (Wildman–Crippen MR) is 189 cm³/mol. The molecule has 0 aromatic heterocycles. The number of hydrazone groups is 2. The number of sulfonamides is 2. The number of nitrogens with zero attached hydrogens (tertiary/aromatic N) is 4. The first-order chi connectivity index (χ1) is 22.6. The predicted octanol–water partition coefficient (Wildman–Crippen LogP) is 6.71. The Balaban J connectivity index is 0.000000152. The minimum absolute atomic E-state index is 0.188. The fraction of sp³-hybridized carbons (Fsp3) is 0.316. The zero-order valence-corrected chi connectivity index (χ0v) is 29.7. The van der Waals surface area contributed by atoms with Crippen LogP contribution in [0.3, 0.4) is 0 Å². The van der Waals surface area contributed by atoms with Crippen molar-refractivity contribution in [2.24, 2.45) is 21.0 Å². The molecule has 4 aliphatic rings. The largest absolute Gasteiger partial charge is 0.279 e. The fourth-order valence-electron chi connectivity index (χ4n) is 7.48. The Morgan fingerprint density at radius 1 is 0.562 bits per heavy atom. The van der Waals surface area contributed by atoms with Gasteiger partial charge >= 0.3 is 0 Å². The van der Waals surface area contributed by atoms with Crippen LogP contribution in [0, 0.1) is 24.7 Å². The summed E-state index contributed by atoms with van der Waals surface area (Å²) < 4.78 is 55.0. The third-order valence-electron chi connectivity index (χ3n) is 10.2. The van der Waals surface area contributed by atoms with Crippen LogP contribution in [0.2, 0.25) is 0 Å². The number of hydrogen-bond donors (Lipinski definition) is 0. The summed E-state index contributed by atoms with van der Waals surface area (Å²) >= 11 is 0. The van der Waals surface area contributed by atoms with Crippen LogP contribution in [-0.2, 0) is 32.9 Å². The van der Waals surface area contributed by atoms with Gasteiger partial charge in [0.15, 0.2) is 0 Å². The van der Waals surface area contributed by atoms with E-state index in [4.69, 9.17) is 0 Å². The topological polar surface area (TPSA) is 99.5 Å². The molecule has 48 heavy (non-hydrogen) atoms. The molecular formula is C38H40N4O4S2. The van der Waals surface area contributed by atoms with E-state index >= 15 is 0 Å². The zero-order chi connectivity index (χ0) is 34.2. The van der Waals surface area contributed by atoms with Gasteiger partial charge < -0.3 is 0 Å². The molecule has 248 valence electrons. The van der Waals surface area contributed by atoms with Gasteiger partial charge in [-0.05, 0) is 61.1 Å². The molecule has 0 aliphatic carbocycles. The van der Waals surface area contributed by atoms with Crippen molar-refractivity contribution in [2.75, 3.05) is 0 Å². The Morgan fingerprint density at radius 2 is 0.917 bits per heavy atom. The molecule has 0 unspecified atom stereocenters. The Morgan fingerprint density at radius 3 is 1.27 bits per heavy atom. The Labute approximate surface area is 283 Å². The third kappa shape index (κ3) is 4.99. The molecule has 0 fully saturated rings. The van der Waals surface area contributed by atoms with Crippen molar-refractivity contribution in [2.45, 2.75) is 76.3 Å². The lowest BCUT2D eigenvalue weighted by atomic mass is 9.76. The van der Waals surface area contributed by atoms with Crippen molar-refractivity contribution < 1.29 is 16.8 Å². The van der Waals surface area contributed by atoms with Gasteiger partial charge in [-0.2, -0.15) is 35.9 Å². The highest BCUT2D eigenvalue weighted by molar-refractivity contribution is 7.89. The number of hydrogen-bond acceptors (Lipinski definition) is 6. The quantitative estimate of drug-likeness (QED) is 0.235. The SMILES string of the molecule is Cc1ccc2c(c1)C[C@@H]1N(N=C(c3ccccc3)C1(C)C)S2(=O)=O.Cc1ccc2c(c1)C[C@@H]1N(N=C(c3ccccc3)C1(C)C)S2(=O)=O. The molecule has 4 aliphatic heterocycles. The monoisotopic (exact) mass is 680 g/mol. The molecule has 4 heterocycles.